The Balaban J connectivity index is 2.34. The molecule has 3 aromatic carbocycles. The van der Waals surface area contributed by atoms with Crippen LogP contribution < -0.4 is 0 Å². The molecular weight excluding hydrogens is 340 g/mol. The molecule has 0 spiro atoms. The van der Waals surface area contributed by atoms with E-state index in [-0.39, 0.29) is 16.7 Å². The first kappa shape index (κ1) is 18.4. The molecule has 0 aliphatic carbocycles. The Bertz CT molecular complexity index is 972. The van der Waals surface area contributed by atoms with Crippen LogP contribution in [0.5, 0.6) is 0 Å². The lowest BCUT2D eigenvalue weighted by Gasteiger charge is -2.29. The first-order valence-corrected chi connectivity index (χ1v) is 8.59. The predicted octanol–water partition coefficient (Wildman–Crippen LogP) is 5.08. The number of hydrogen-bond acceptors (Lipinski definition) is 2. The van der Waals surface area contributed by atoms with Crippen molar-refractivity contribution in [3.8, 4) is 11.1 Å². The Morgan fingerprint density at radius 1 is 0.704 bits per heavy atom. The van der Waals surface area contributed by atoms with Gasteiger partial charge in [0.15, 0.2) is 0 Å². The van der Waals surface area contributed by atoms with Gasteiger partial charge in [0.25, 0.3) is 0 Å². The standard InChI is InChI=1S/C23H20O4/c1-23(2,15-9-4-3-5-10-15)19-14-7-6-11-16(19)20-17(21(24)25)12-8-13-18(20)22(26)27/h3-14H,1-2H3,(H,24,25)(H,26,27). The van der Waals surface area contributed by atoms with Crippen LogP contribution in [0.2, 0.25) is 0 Å². The predicted molar refractivity (Wildman–Crippen MR) is 104 cm³/mol. The summed E-state index contributed by atoms with van der Waals surface area (Å²) in [5.74, 6) is -2.30. The van der Waals surface area contributed by atoms with Gasteiger partial charge in [-0.2, -0.15) is 0 Å². The van der Waals surface area contributed by atoms with E-state index in [0.717, 1.165) is 11.1 Å². The van der Waals surface area contributed by atoms with Gasteiger partial charge in [0.05, 0.1) is 11.1 Å². The van der Waals surface area contributed by atoms with Crippen LogP contribution in [-0.4, -0.2) is 22.2 Å². The minimum Gasteiger partial charge on any atom is -0.478 e. The quantitative estimate of drug-likeness (QED) is 0.666. The molecule has 3 aromatic rings. The van der Waals surface area contributed by atoms with Crippen molar-refractivity contribution in [1.29, 1.82) is 0 Å². The third kappa shape index (κ3) is 3.34. The second kappa shape index (κ2) is 7.08. The van der Waals surface area contributed by atoms with E-state index < -0.39 is 17.4 Å². The van der Waals surface area contributed by atoms with Crippen LogP contribution in [0.25, 0.3) is 11.1 Å². The largest absolute Gasteiger partial charge is 0.478 e. The number of rotatable bonds is 5. The Morgan fingerprint density at radius 2 is 1.22 bits per heavy atom. The zero-order valence-corrected chi connectivity index (χ0v) is 15.1. The number of benzene rings is 3. The molecule has 0 aliphatic heterocycles. The monoisotopic (exact) mass is 360 g/mol. The van der Waals surface area contributed by atoms with Gasteiger partial charge in [0.2, 0.25) is 0 Å². The van der Waals surface area contributed by atoms with Crippen LogP contribution in [0.3, 0.4) is 0 Å². The van der Waals surface area contributed by atoms with Crippen LogP contribution in [-0.2, 0) is 5.41 Å². The Hall–Kier alpha value is -3.40. The molecule has 0 aliphatic rings. The maximum atomic E-state index is 11.8. The lowest BCUT2D eigenvalue weighted by Crippen LogP contribution is -2.20. The van der Waals surface area contributed by atoms with Gasteiger partial charge < -0.3 is 10.2 Å². The van der Waals surface area contributed by atoms with Crippen molar-refractivity contribution in [3.63, 3.8) is 0 Å². The molecule has 0 fully saturated rings. The molecule has 0 aromatic heterocycles. The van der Waals surface area contributed by atoms with Crippen LogP contribution in [0.4, 0.5) is 0 Å². The first-order valence-electron chi connectivity index (χ1n) is 8.59. The summed E-state index contributed by atoms with van der Waals surface area (Å²) in [6, 6.07) is 21.6. The third-order valence-corrected chi connectivity index (χ3v) is 4.89. The fraction of sp³-hybridized carbons (Fsp3) is 0.130. The molecule has 0 saturated carbocycles. The highest BCUT2D eigenvalue weighted by atomic mass is 16.4. The summed E-state index contributed by atoms with van der Waals surface area (Å²) in [5.41, 5.74) is 2.28. The topological polar surface area (TPSA) is 74.6 Å². The van der Waals surface area contributed by atoms with Crippen molar-refractivity contribution < 1.29 is 19.8 Å². The second-order valence-corrected chi connectivity index (χ2v) is 6.88. The normalized spacial score (nSPS) is 11.2. The molecule has 0 atom stereocenters. The lowest BCUT2D eigenvalue weighted by atomic mass is 9.74. The average Bonchev–Trinajstić information content (AvgIpc) is 2.68. The van der Waals surface area contributed by atoms with Crippen molar-refractivity contribution in [2.45, 2.75) is 19.3 Å². The molecule has 136 valence electrons. The van der Waals surface area contributed by atoms with Gasteiger partial charge in [-0.25, -0.2) is 9.59 Å². The Kier molecular flexibility index (Phi) is 4.82. The number of carboxylic acids is 2. The van der Waals surface area contributed by atoms with Gasteiger partial charge in [-0.1, -0.05) is 74.5 Å². The Labute approximate surface area is 157 Å². The molecule has 0 radical (unpaired) electrons. The van der Waals surface area contributed by atoms with Crippen LogP contribution in [0.15, 0.2) is 72.8 Å². The van der Waals surface area contributed by atoms with Gasteiger partial charge in [0, 0.05) is 11.0 Å². The summed E-state index contributed by atoms with van der Waals surface area (Å²) in [7, 11) is 0. The van der Waals surface area contributed by atoms with Gasteiger partial charge in [-0.15, -0.1) is 0 Å². The maximum absolute atomic E-state index is 11.8. The molecule has 0 bridgehead atoms. The van der Waals surface area contributed by atoms with Crippen molar-refractivity contribution >= 4 is 11.9 Å². The van der Waals surface area contributed by atoms with E-state index in [0.29, 0.717) is 5.56 Å². The average molecular weight is 360 g/mol. The van der Waals surface area contributed by atoms with Crippen molar-refractivity contribution in [1.82, 2.24) is 0 Å². The van der Waals surface area contributed by atoms with E-state index in [1.54, 1.807) is 12.1 Å². The Morgan fingerprint density at radius 3 is 1.78 bits per heavy atom. The number of carbonyl (C=O) groups is 2. The first-order chi connectivity index (χ1) is 12.8. The molecule has 0 amide bonds. The molecule has 4 nitrogen and oxygen atoms in total. The van der Waals surface area contributed by atoms with Gasteiger partial charge in [-0.05, 0) is 28.8 Å². The molecule has 0 saturated heterocycles. The summed E-state index contributed by atoms with van der Waals surface area (Å²) in [4.78, 5) is 23.6. The summed E-state index contributed by atoms with van der Waals surface area (Å²) >= 11 is 0. The molecule has 27 heavy (non-hydrogen) atoms. The molecule has 2 N–H and O–H groups in total. The molecule has 0 unspecified atom stereocenters. The smallest absolute Gasteiger partial charge is 0.336 e. The van der Waals surface area contributed by atoms with E-state index in [4.69, 9.17) is 0 Å². The highest BCUT2D eigenvalue weighted by Gasteiger charge is 2.29. The minimum absolute atomic E-state index is 0.0220. The van der Waals surface area contributed by atoms with Gasteiger partial charge >= 0.3 is 11.9 Å². The fourth-order valence-electron chi connectivity index (χ4n) is 3.46. The van der Waals surface area contributed by atoms with Crippen molar-refractivity contribution in [2.24, 2.45) is 0 Å². The number of carboxylic acid groups (broad SMARTS) is 2. The van der Waals surface area contributed by atoms with E-state index in [9.17, 15) is 19.8 Å². The molecule has 4 heteroatoms. The highest BCUT2D eigenvalue weighted by Crippen LogP contribution is 2.40. The summed E-state index contributed by atoms with van der Waals surface area (Å²) in [6.07, 6.45) is 0. The summed E-state index contributed by atoms with van der Waals surface area (Å²) < 4.78 is 0. The van der Waals surface area contributed by atoms with E-state index in [1.165, 1.54) is 18.2 Å². The highest BCUT2D eigenvalue weighted by molar-refractivity contribution is 6.05. The van der Waals surface area contributed by atoms with E-state index >= 15 is 0 Å². The fourth-order valence-corrected chi connectivity index (χ4v) is 3.46. The van der Waals surface area contributed by atoms with Crippen LogP contribution >= 0.6 is 0 Å². The number of aromatic carboxylic acids is 2. The van der Waals surface area contributed by atoms with Crippen molar-refractivity contribution in [2.75, 3.05) is 0 Å². The van der Waals surface area contributed by atoms with Crippen molar-refractivity contribution in [3.05, 3.63) is 95.1 Å². The minimum atomic E-state index is -1.15. The van der Waals surface area contributed by atoms with Gasteiger partial charge in [0.1, 0.15) is 0 Å². The summed E-state index contributed by atoms with van der Waals surface area (Å²) in [5, 5.41) is 19.3. The number of hydrogen-bond donors (Lipinski definition) is 2. The van der Waals surface area contributed by atoms with Crippen LogP contribution in [0, 0.1) is 0 Å². The maximum Gasteiger partial charge on any atom is 0.336 e. The van der Waals surface area contributed by atoms with E-state index in [2.05, 4.69) is 0 Å². The zero-order valence-electron chi connectivity index (χ0n) is 15.1. The van der Waals surface area contributed by atoms with Crippen LogP contribution in [0.1, 0.15) is 45.7 Å². The second-order valence-electron chi connectivity index (χ2n) is 6.88. The summed E-state index contributed by atoms with van der Waals surface area (Å²) in [6.45, 7) is 4.09. The van der Waals surface area contributed by atoms with E-state index in [1.807, 2.05) is 56.3 Å². The molecule has 3 rings (SSSR count). The van der Waals surface area contributed by atoms with Gasteiger partial charge in [-0.3, -0.25) is 0 Å². The zero-order chi connectivity index (χ0) is 19.6. The SMILES string of the molecule is CC(C)(c1ccccc1)c1ccccc1-c1c(C(=O)O)cccc1C(=O)O. The molecular formula is C23H20O4. The lowest BCUT2D eigenvalue weighted by molar-refractivity contribution is 0.0696. The molecule has 0 heterocycles. The third-order valence-electron chi connectivity index (χ3n) is 4.89.